The van der Waals surface area contributed by atoms with Gasteiger partial charge in [0.1, 0.15) is 5.54 Å². The molecule has 31 heavy (non-hydrogen) atoms. The molecule has 1 aliphatic rings. The van der Waals surface area contributed by atoms with Gasteiger partial charge in [0.15, 0.2) is 0 Å². The number of aryl methyl sites for hydroxylation is 2. The highest BCUT2D eigenvalue weighted by atomic mass is 16.2. The van der Waals surface area contributed by atoms with Crippen molar-refractivity contribution in [2.45, 2.75) is 45.7 Å². The first kappa shape index (κ1) is 20.9. The summed E-state index contributed by atoms with van der Waals surface area (Å²) in [6.07, 6.45) is 1.38. The molecule has 1 N–H and O–H groups in total. The van der Waals surface area contributed by atoms with Gasteiger partial charge in [0.25, 0.3) is 5.91 Å². The van der Waals surface area contributed by atoms with Gasteiger partial charge in [-0.05, 0) is 60.7 Å². The molecule has 1 atom stereocenters. The van der Waals surface area contributed by atoms with Crippen molar-refractivity contribution in [2.75, 3.05) is 4.90 Å². The number of nitrogens with one attached hydrogen (secondary N) is 1. The van der Waals surface area contributed by atoms with Crippen LogP contribution in [0.5, 0.6) is 0 Å². The van der Waals surface area contributed by atoms with Gasteiger partial charge in [-0.1, -0.05) is 61.5 Å². The number of nitrogens with zero attached hydrogens (tertiary/aromatic N) is 1. The fraction of sp³-hybridized carbons (Fsp3) is 0.259. The highest BCUT2D eigenvalue weighted by molar-refractivity contribution is 6.14. The molecular formula is C27H28N2O2. The van der Waals surface area contributed by atoms with Gasteiger partial charge in [-0.3, -0.25) is 14.5 Å². The van der Waals surface area contributed by atoms with Crippen molar-refractivity contribution >= 4 is 17.5 Å². The summed E-state index contributed by atoms with van der Waals surface area (Å²) in [5.41, 5.74) is 4.67. The molecule has 4 nitrogen and oxygen atoms in total. The average Bonchev–Trinajstić information content (AvgIpc) is 2.79. The number of anilines is 1. The maximum atomic E-state index is 13.6. The van der Waals surface area contributed by atoms with Crippen LogP contribution in [0.4, 0.5) is 5.69 Å². The molecular weight excluding hydrogens is 384 g/mol. The molecule has 4 heteroatoms. The number of benzene rings is 3. The molecule has 1 aliphatic heterocycles. The summed E-state index contributed by atoms with van der Waals surface area (Å²) in [4.78, 5) is 28.8. The standard InChI is InChI=1S/C27H28N2O2/c1-4-20-13-15-23(16-14-20)29-25(30)24-12-8-7-10-21(24)17-27(29,3)26(31)28-18-22-11-6-5-9-19(22)2/h5-16H,4,17-18H2,1-3H3,(H,28,31)/t27-/m1/s1. The molecule has 0 bridgehead atoms. The number of hydrogen-bond acceptors (Lipinski definition) is 2. The Balaban J connectivity index is 1.71. The molecule has 0 aromatic heterocycles. The minimum atomic E-state index is -1.03. The predicted molar refractivity (Wildman–Crippen MR) is 124 cm³/mol. The van der Waals surface area contributed by atoms with Crippen LogP contribution in [0.25, 0.3) is 0 Å². The summed E-state index contributed by atoms with van der Waals surface area (Å²) in [6, 6.07) is 23.5. The second kappa shape index (κ2) is 8.38. The Kier molecular flexibility index (Phi) is 5.64. The van der Waals surface area contributed by atoms with E-state index in [0.717, 1.165) is 28.8 Å². The van der Waals surface area contributed by atoms with Gasteiger partial charge in [-0.25, -0.2) is 0 Å². The van der Waals surface area contributed by atoms with E-state index in [-0.39, 0.29) is 11.8 Å². The third-order valence-electron chi connectivity index (χ3n) is 6.27. The Morgan fingerprint density at radius 1 is 1.00 bits per heavy atom. The van der Waals surface area contributed by atoms with Crippen molar-refractivity contribution in [3.63, 3.8) is 0 Å². The number of carbonyl (C=O) groups is 2. The average molecular weight is 413 g/mol. The van der Waals surface area contributed by atoms with Crippen molar-refractivity contribution < 1.29 is 9.59 Å². The lowest BCUT2D eigenvalue weighted by Crippen LogP contribution is -2.63. The van der Waals surface area contributed by atoms with Crippen LogP contribution in [0.1, 0.15) is 46.5 Å². The molecule has 0 aliphatic carbocycles. The number of amides is 2. The molecule has 0 unspecified atom stereocenters. The van der Waals surface area contributed by atoms with Gasteiger partial charge in [0, 0.05) is 24.2 Å². The van der Waals surface area contributed by atoms with E-state index in [1.165, 1.54) is 5.56 Å². The van der Waals surface area contributed by atoms with E-state index in [1.54, 1.807) is 4.90 Å². The third-order valence-corrected chi connectivity index (χ3v) is 6.27. The lowest BCUT2D eigenvalue weighted by molar-refractivity contribution is -0.126. The highest BCUT2D eigenvalue weighted by Crippen LogP contribution is 2.35. The van der Waals surface area contributed by atoms with Gasteiger partial charge in [-0.2, -0.15) is 0 Å². The Labute approximate surface area is 183 Å². The van der Waals surface area contributed by atoms with E-state index in [1.807, 2.05) is 86.6 Å². The zero-order chi connectivity index (χ0) is 22.0. The van der Waals surface area contributed by atoms with Gasteiger partial charge in [-0.15, -0.1) is 0 Å². The second-order valence-electron chi connectivity index (χ2n) is 8.38. The summed E-state index contributed by atoms with van der Waals surface area (Å²) in [5.74, 6) is -0.294. The molecule has 0 saturated heterocycles. The molecule has 4 rings (SSSR count). The van der Waals surface area contributed by atoms with Crippen LogP contribution in [-0.2, 0) is 24.2 Å². The quantitative estimate of drug-likeness (QED) is 0.652. The normalized spacial score (nSPS) is 17.9. The minimum Gasteiger partial charge on any atom is -0.350 e. The molecule has 0 saturated carbocycles. The van der Waals surface area contributed by atoms with Gasteiger partial charge >= 0.3 is 0 Å². The molecule has 2 amide bonds. The number of rotatable bonds is 5. The van der Waals surface area contributed by atoms with Crippen LogP contribution in [0.3, 0.4) is 0 Å². The smallest absolute Gasteiger partial charge is 0.259 e. The third kappa shape index (κ3) is 3.86. The largest absolute Gasteiger partial charge is 0.350 e. The van der Waals surface area contributed by atoms with E-state index in [0.29, 0.717) is 18.5 Å². The first-order chi connectivity index (χ1) is 14.9. The van der Waals surface area contributed by atoms with Crippen LogP contribution in [0.2, 0.25) is 0 Å². The van der Waals surface area contributed by atoms with Crippen LogP contribution >= 0.6 is 0 Å². The zero-order valence-corrected chi connectivity index (χ0v) is 18.3. The summed E-state index contributed by atoms with van der Waals surface area (Å²) < 4.78 is 0. The Bertz CT molecular complexity index is 1120. The summed E-state index contributed by atoms with van der Waals surface area (Å²) in [7, 11) is 0. The maximum absolute atomic E-state index is 13.6. The topological polar surface area (TPSA) is 49.4 Å². The fourth-order valence-corrected chi connectivity index (χ4v) is 4.32. The number of fused-ring (bicyclic) bond motifs is 1. The monoisotopic (exact) mass is 412 g/mol. The lowest BCUT2D eigenvalue weighted by Gasteiger charge is -2.44. The molecule has 0 fully saturated rings. The zero-order valence-electron chi connectivity index (χ0n) is 18.3. The predicted octanol–water partition coefficient (Wildman–Crippen LogP) is 4.84. The second-order valence-corrected chi connectivity index (χ2v) is 8.38. The van der Waals surface area contributed by atoms with Crippen LogP contribution in [0.15, 0.2) is 72.8 Å². The van der Waals surface area contributed by atoms with Crippen LogP contribution in [-0.4, -0.2) is 17.4 Å². The van der Waals surface area contributed by atoms with Crippen LogP contribution in [0, 0.1) is 6.92 Å². The molecule has 1 heterocycles. The highest BCUT2D eigenvalue weighted by Gasteiger charge is 2.47. The SMILES string of the molecule is CCc1ccc(N2C(=O)c3ccccc3C[C@]2(C)C(=O)NCc2ccccc2C)cc1. The van der Waals surface area contributed by atoms with Crippen molar-refractivity contribution in [1.29, 1.82) is 0 Å². The van der Waals surface area contributed by atoms with Crippen molar-refractivity contribution in [2.24, 2.45) is 0 Å². The Morgan fingerprint density at radius 3 is 2.39 bits per heavy atom. The maximum Gasteiger partial charge on any atom is 0.259 e. The molecule has 0 radical (unpaired) electrons. The van der Waals surface area contributed by atoms with E-state index in [4.69, 9.17) is 0 Å². The molecule has 3 aromatic carbocycles. The summed E-state index contributed by atoms with van der Waals surface area (Å²) >= 11 is 0. The molecule has 3 aromatic rings. The first-order valence-electron chi connectivity index (χ1n) is 10.8. The Hall–Kier alpha value is -3.40. The van der Waals surface area contributed by atoms with E-state index in [2.05, 4.69) is 12.2 Å². The van der Waals surface area contributed by atoms with Gasteiger partial charge < -0.3 is 5.32 Å². The van der Waals surface area contributed by atoms with Crippen molar-refractivity contribution in [3.8, 4) is 0 Å². The number of carbonyl (C=O) groups excluding carboxylic acids is 2. The Morgan fingerprint density at radius 2 is 1.68 bits per heavy atom. The first-order valence-corrected chi connectivity index (χ1v) is 10.8. The molecule has 0 spiro atoms. The van der Waals surface area contributed by atoms with Crippen LogP contribution < -0.4 is 10.2 Å². The van der Waals surface area contributed by atoms with Crippen molar-refractivity contribution in [3.05, 3.63) is 101 Å². The van der Waals surface area contributed by atoms with E-state index in [9.17, 15) is 9.59 Å². The van der Waals surface area contributed by atoms with Gasteiger partial charge in [0.05, 0.1) is 0 Å². The minimum absolute atomic E-state index is 0.139. The van der Waals surface area contributed by atoms with Gasteiger partial charge in [0.2, 0.25) is 5.91 Å². The lowest BCUT2D eigenvalue weighted by atomic mass is 9.82. The van der Waals surface area contributed by atoms with E-state index >= 15 is 0 Å². The summed E-state index contributed by atoms with van der Waals surface area (Å²) in [6.45, 7) is 6.42. The summed E-state index contributed by atoms with van der Waals surface area (Å²) in [5, 5.41) is 3.09. The number of hydrogen-bond donors (Lipinski definition) is 1. The molecule has 158 valence electrons. The van der Waals surface area contributed by atoms with Crippen molar-refractivity contribution in [1.82, 2.24) is 5.32 Å². The van der Waals surface area contributed by atoms with E-state index < -0.39 is 5.54 Å². The fourth-order valence-electron chi connectivity index (χ4n) is 4.32.